The van der Waals surface area contributed by atoms with E-state index in [9.17, 15) is 18.4 Å². The first-order valence-electron chi connectivity index (χ1n) is 6.67. The summed E-state index contributed by atoms with van der Waals surface area (Å²) in [4.78, 5) is 22.9. The van der Waals surface area contributed by atoms with Crippen LogP contribution < -0.4 is 15.8 Å². The van der Waals surface area contributed by atoms with Crippen LogP contribution in [0.25, 0.3) is 0 Å². The van der Waals surface area contributed by atoms with E-state index >= 15 is 0 Å². The molecule has 2 amide bonds. The molecule has 0 saturated heterocycles. The minimum absolute atomic E-state index is 0.0335. The number of anilines is 1. The van der Waals surface area contributed by atoms with Crippen molar-refractivity contribution in [2.45, 2.75) is 13.0 Å². The molecule has 0 spiro atoms. The van der Waals surface area contributed by atoms with Crippen LogP contribution in [0.4, 0.5) is 14.5 Å². The van der Waals surface area contributed by atoms with E-state index in [2.05, 4.69) is 10.1 Å². The highest BCUT2D eigenvalue weighted by Crippen LogP contribution is 2.16. The number of benzene rings is 2. The highest BCUT2D eigenvalue weighted by molar-refractivity contribution is 5.95. The Hall–Kier alpha value is -2.96. The number of carbonyl (C=O) groups is 2. The second kappa shape index (κ2) is 7.35. The Labute approximate surface area is 131 Å². The molecule has 2 aromatic rings. The SMILES string of the molecule is NC(=O)c1ccc(NC(=O)Cc2ccc(OC(F)F)cc2)cc1. The summed E-state index contributed by atoms with van der Waals surface area (Å²) in [5.41, 5.74) is 6.65. The number of rotatable bonds is 6. The van der Waals surface area contributed by atoms with Gasteiger partial charge in [0.2, 0.25) is 11.8 Å². The molecule has 0 aliphatic heterocycles. The quantitative estimate of drug-likeness (QED) is 0.858. The zero-order valence-electron chi connectivity index (χ0n) is 12.0. The van der Waals surface area contributed by atoms with Gasteiger partial charge in [0, 0.05) is 11.3 Å². The molecule has 2 aromatic carbocycles. The minimum Gasteiger partial charge on any atom is -0.435 e. The number of hydrogen-bond acceptors (Lipinski definition) is 3. The van der Waals surface area contributed by atoms with E-state index in [1.165, 1.54) is 36.4 Å². The normalized spacial score (nSPS) is 10.4. The third kappa shape index (κ3) is 5.06. The molecule has 0 atom stereocenters. The van der Waals surface area contributed by atoms with Crippen molar-refractivity contribution in [3.8, 4) is 5.75 Å². The predicted octanol–water partition coefficient (Wildman–Crippen LogP) is 2.57. The summed E-state index contributed by atoms with van der Waals surface area (Å²) in [6, 6.07) is 12.0. The largest absolute Gasteiger partial charge is 0.435 e. The number of primary amides is 1. The van der Waals surface area contributed by atoms with E-state index in [1.54, 1.807) is 12.1 Å². The summed E-state index contributed by atoms with van der Waals surface area (Å²) < 4.78 is 28.3. The molecule has 2 rings (SSSR count). The van der Waals surface area contributed by atoms with Gasteiger partial charge in [0.1, 0.15) is 5.75 Å². The number of amides is 2. The Kier molecular flexibility index (Phi) is 5.24. The summed E-state index contributed by atoms with van der Waals surface area (Å²) in [5.74, 6) is -0.792. The van der Waals surface area contributed by atoms with Gasteiger partial charge in [-0.15, -0.1) is 0 Å². The number of carbonyl (C=O) groups excluding carboxylic acids is 2. The zero-order valence-corrected chi connectivity index (χ0v) is 12.0. The summed E-state index contributed by atoms with van der Waals surface area (Å²) in [5, 5.41) is 2.66. The molecule has 0 fully saturated rings. The van der Waals surface area contributed by atoms with Gasteiger partial charge in [-0.25, -0.2) is 0 Å². The fraction of sp³-hybridized carbons (Fsp3) is 0.125. The van der Waals surface area contributed by atoms with Gasteiger partial charge in [0.15, 0.2) is 0 Å². The number of hydrogen-bond donors (Lipinski definition) is 2. The van der Waals surface area contributed by atoms with E-state index in [0.717, 1.165) is 0 Å². The molecule has 23 heavy (non-hydrogen) atoms. The third-order valence-corrected chi connectivity index (χ3v) is 2.97. The van der Waals surface area contributed by atoms with Crippen LogP contribution in [0.2, 0.25) is 0 Å². The van der Waals surface area contributed by atoms with Gasteiger partial charge in [-0.2, -0.15) is 8.78 Å². The van der Waals surface area contributed by atoms with Crippen LogP contribution in [0.1, 0.15) is 15.9 Å². The lowest BCUT2D eigenvalue weighted by Crippen LogP contribution is -2.15. The predicted molar refractivity (Wildman–Crippen MR) is 80.4 cm³/mol. The lowest BCUT2D eigenvalue weighted by molar-refractivity contribution is -0.115. The van der Waals surface area contributed by atoms with Crippen LogP contribution in [0.5, 0.6) is 5.75 Å². The number of nitrogens with one attached hydrogen (secondary N) is 1. The molecule has 0 saturated carbocycles. The van der Waals surface area contributed by atoms with Gasteiger partial charge in [0.05, 0.1) is 6.42 Å². The smallest absolute Gasteiger partial charge is 0.387 e. The average molecular weight is 320 g/mol. The monoisotopic (exact) mass is 320 g/mol. The van der Waals surface area contributed by atoms with Crippen LogP contribution in [0.3, 0.4) is 0 Å². The first-order chi connectivity index (χ1) is 10.9. The minimum atomic E-state index is -2.88. The number of ether oxygens (including phenoxy) is 1. The van der Waals surface area contributed by atoms with Gasteiger partial charge < -0.3 is 15.8 Å². The van der Waals surface area contributed by atoms with Crippen molar-refractivity contribution in [3.05, 3.63) is 59.7 Å². The first-order valence-corrected chi connectivity index (χ1v) is 6.67. The van der Waals surface area contributed by atoms with E-state index in [0.29, 0.717) is 16.8 Å². The summed E-state index contributed by atoms with van der Waals surface area (Å²) in [6.45, 7) is -2.88. The molecular weight excluding hydrogens is 306 g/mol. The maximum absolute atomic E-state index is 12.0. The Balaban J connectivity index is 1.92. The van der Waals surface area contributed by atoms with Crippen molar-refractivity contribution in [1.82, 2.24) is 0 Å². The van der Waals surface area contributed by atoms with E-state index in [1.807, 2.05) is 0 Å². The maximum atomic E-state index is 12.0. The van der Waals surface area contributed by atoms with Crippen molar-refractivity contribution in [1.29, 1.82) is 0 Å². The summed E-state index contributed by atoms with van der Waals surface area (Å²) >= 11 is 0. The molecule has 0 bridgehead atoms. The molecular formula is C16H14F2N2O3. The van der Waals surface area contributed by atoms with Gasteiger partial charge in [-0.3, -0.25) is 9.59 Å². The Bertz CT molecular complexity index is 685. The highest BCUT2D eigenvalue weighted by Gasteiger charge is 2.07. The molecule has 0 unspecified atom stereocenters. The Morgan fingerprint density at radius 3 is 2.17 bits per heavy atom. The average Bonchev–Trinajstić information content (AvgIpc) is 2.49. The fourth-order valence-corrected chi connectivity index (χ4v) is 1.90. The van der Waals surface area contributed by atoms with Crippen molar-refractivity contribution >= 4 is 17.5 Å². The number of alkyl halides is 2. The highest BCUT2D eigenvalue weighted by atomic mass is 19.3. The van der Waals surface area contributed by atoms with Crippen molar-refractivity contribution in [3.63, 3.8) is 0 Å². The number of nitrogens with two attached hydrogens (primary N) is 1. The topological polar surface area (TPSA) is 81.4 Å². The lowest BCUT2D eigenvalue weighted by atomic mass is 10.1. The summed E-state index contributed by atoms with van der Waals surface area (Å²) in [7, 11) is 0. The Morgan fingerprint density at radius 1 is 1.04 bits per heavy atom. The summed E-state index contributed by atoms with van der Waals surface area (Å²) in [6.07, 6.45) is 0.0759. The van der Waals surface area contributed by atoms with Crippen molar-refractivity contribution in [2.75, 3.05) is 5.32 Å². The first kappa shape index (κ1) is 16.4. The molecule has 5 nitrogen and oxygen atoms in total. The number of halogens is 2. The van der Waals surface area contributed by atoms with Crippen LogP contribution >= 0.6 is 0 Å². The van der Waals surface area contributed by atoms with Crippen LogP contribution in [-0.4, -0.2) is 18.4 Å². The van der Waals surface area contributed by atoms with Crippen molar-refractivity contribution < 1.29 is 23.1 Å². The third-order valence-electron chi connectivity index (χ3n) is 2.97. The molecule has 7 heteroatoms. The van der Waals surface area contributed by atoms with E-state index in [-0.39, 0.29) is 18.1 Å². The maximum Gasteiger partial charge on any atom is 0.387 e. The molecule has 0 aromatic heterocycles. The second-order valence-corrected chi connectivity index (χ2v) is 4.69. The molecule has 0 aliphatic rings. The van der Waals surface area contributed by atoms with Gasteiger partial charge in [-0.1, -0.05) is 12.1 Å². The van der Waals surface area contributed by atoms with E-state index < -0.39 is 12.5 Å². The van der Waals surface area contributed by atoms with E-state index in [4.69, 9.17) is 5.73 Å². The zero-order chi connectivity index (χ0) is 16.8. The molecule has 120 valence electrons. The van der Waals surface area contributed by atoms with Gasteiger partial charge >= 0.3 is 6.61 Å². The fourth-order valence-electron chi connectivity index (χ4n) is 1.90. The lowest BCUT2D eigenvalue weighted by Gasteiger charge is -2.07. The van der Waals surface area contributed by atoms with Gasteiger partial charge in [-0.05, 0) is 42.0 Å². The standard InChI is InChI=1S/C16H14F2N2O3/c17-16(18)23-13-7-1-10(2-8-13)9-14(21)20-12-5-3-11(4-6-12)15(19)22/h1-8,16H,9H2,(H2,19,22)(H,20,21). The molecule has 0 aliphatic carbocycles. The van der Waals surface area contributed by atoms with Crippen LogP contribution in [0, 0.1) is 0 Å². The molecule has 0 radical (unpaired) electrons. The molecule has 0 heterocycles. The Morgan fingerprint density at radius 2 is 1.65 bits per heavy atom. The second-order valence-electron chi connectivity index (χ2n) is 4.69. The van der Waals surface area contributed by atoms with Crippen molar-refractivity contribution in [2.24, 2.45) is 5.73 Å². The molecule has 3 N–H and O–H groups in total. The van der Waals surface area contributed by atoms with Crippen LogP contribution in [0.15, 0.2) is 48.5 Å². The van der Waals surface area contributed by atoms with Gasteiger partial charge in [0.25, 0.3) is 0 Å². The van der Waals surface area contributed by atoms with Crippen LogP contribution in [-0.2, 0) is 11.2 Å².